The SMILES string of the molecule is CC(CC(O)C1=NCCO1)[C@@H](CO)NC(=O)OCc1ccccc1. The van der Waals surface area contributed by atoms with E-state index >= 15 is 0 Å². The highest BCUT2D eigenvalue weighted by atomic mass is 16.5. The van der Waals surface area contributed by atoms with Crippen molar-refractivity contribution < 1.29 is 24.5 Å². The number of nitrogens with one attached hydrogen (secondary N) is 1. The van der Waals surface area contributed by atoms with Crippen LogP contribution in [0.2, 0.25) is 0 Å². The van der Waals surface area contributed by atoms with Crippen molar-refractivity contribution in [2.24, 2.45) is 10.9 Å². The summed E-state index contributed by atoms with van der Waals surface area (Å²) in [6.45, 7) is 2.77. The van der Waals surface area contributed by atoms with Crippen LogP contribution in [0, 0.1) is 5.92 Å². The van der Waals surface area contributed by atoms with Crippen LogP contribution in [0.3, 0.4) is 0 Å². The largest absolute Gasteiger partial charge is 0.477 e. The number of hydrogen-bond acceptors (Lipinski definition) is 6. The Morgan fingerprint density at radius 3 is 2.79 bits per heavy atom. The van der Waals surface area contributed by atoms with Gasteiger partial charge in [-0.2, -0.15) is 0 Å². The standard InChI is InChI=1S/C17H24N2O5/c1-12(9-15(21)16-18-7-8-23-16)14(10-20)19-17(22)24-11-13-5-3-2-4-6-13/h2-6,12,14-15,20-21H,7-11H2,1H3,(H,19,22)/t12?,14-,15?/m1/s1. The first-order chi connectivity index (χ1) is 11.6. The zero-order chi connectivity index (χ0) is 17.4. The number of amides is 1. The van der Waals surface area contributed by atoms with Gasteiger partial charge in [-0.05, 0) is 17.9 Å². The molecule has 0 bridgehead atoms. The highest BCUT2D eigenvalue weighted by molar-refractivity contribution is 5.81. The van der Waals surface area contributed by atoms with E-state index in [0.717, 1.165) is 5.56 Å². The molecule has 0 saturated carbocycles. The summed E-state index contributed by atoms with van der Waals surface area (Å²) in [6, 6.07) is 8.81. The predicted octanol–water partition coefficient (Wildman–Crippen LogP) is 1.09. The van der Waals surface area contributed by atoms with Gasteiger partial charge in [0.05, 0.1) is 19.2 Å². The van der Waals surface area contributed by atoms with Gasteiger partial charge in [-0.1, -0.05) is 37.3 Å². The Morgan fingerprint density at radius 2 is 2.17 bits per heavy atom. The maximum atomic E-state index is 11.9. The zero-order valence-corrected chi connectivity index (χ0v) is 13.7. The van der Waals surface area contributed by atoms with E-state index in [-0.39, 0.29) is 19.1 Å². The van der Waals surface area contributed by atoms with Gasteiger partial charge >= 0.3 is 6.09 Å². The molecule has 1 aliphatic heterocycles. The summed E-state index contributed by atoms with van der Waals surface area (Å²) in [6.07, 6.45) is -1.12. The second kappa shape index (κ2) is 9.24. The number of ether oxygens (including phenoxy) is 2. The molecule has 0 spiro atoms. The molecular weight excluding hydrogens is 312 g/mol. The van der Waals surface area contributed by atoms with Gasteiger partial charge in [-0.15, -0.1) is 0 Å². The molecule has 0 aliphatic carbocycles. The molecule has 3 N–H and O–H groups in total. The van der Waals surface area contributed by atoms with Crippen molar-refractivity contribution in [1.29, 1.82) is 0 Å². The van der Waals surface area contributed by atoms with E-state index in [9.17, 15) is 15.0 Å². The first-order valence-corrected chi connectivity index (χ1v) is 8.03. The van der Waals surface area contributed by atoms with Gasteiger partial charge in [0, 0.05) is 0 Å². The average molecular weight is 336 g/mol. The van der Waals surface area contributed by atoms with E-state index in [1.165, 1.54) is 0 Å². The van der Waals surface area contributed by atoms with Gasteiger partial charge in [0.2, 0.25) is 5.90 Å². The monoisotopic (exact) mass is 336 g/mol. The Kier molecular flexibility index (Phi) is 7.02. The van der Waals surface area contributed by atoms with Crippen molar-refractivity contribution in [3.63, 3.8) is 0 Å². The average Bonchev–Trinajstić information content (AvgIpc) is 3.13. The van der Waals surface area contributed by atoms with E-state index < -0.39 is 18.2 Å². The maximum Gasteiger partial charge on any atom is 0.407 e. The summed E-state index contributed by atoms with van der Waals surface area (Å²) in [5, 5.41) is 22.2. The van der Waals surface area contributed by atoms with Crippen LogP contribution in [0.15, 0.2) is 35.3 Å². The quantitative estimate of drug-likeness (QED) is 0.660. The number of aliphatic imine (C=N–C) groups is 1. The van der Waals surface area contributed by atoms with Crippen LogP contribution in [-0.2, 0) is 16.1 Å². The number of rotatable bonds is 8. The highest BCUT2D eigenvalue weighted by Gasteiger charge is 2.26. The van der Waals surface area contributed by atoms with Crippen LogP contribution >= 0.6 is 0 Å². The molecule has 1 amide bonds. The van der Waals surface area contributed by atoms with E-state index in [1.807, 2.05) is 37.3 Å². The van der Waals surface area contributed by atoms with Crippen molar-refractivity contribution in [1.82, 2.24) is 5.32 Å². The van der Waals surface area contributed by atoms with Crippen LogP contribution in [0.4, 0.5) is 4.79 Å². The molecule has 0 radical (unpaired) electrons. The van der Waals surface area contributed by atoms with Crippen LogP contribution in [0.1, 0.15) is 18.9 Å². The lowest BCUT2D eigenvalue weighted by atomic mass is 9.95. The number of hydrogen-bond donors (Lipinski definition) is 3. The van der Waals surface area contributed by atoms with Gasteiger partial charge in [-0.25, -0.2) is 9.79 Å². The van der Waals surface area contributed by atoms with Crippen molar-refractivity contribution in [3.05, 3.63) is 35.9 Å². The van der Waals surface area contributed by atoms with Crippen LogP contribution in [0.25, 0.3) is 0 Å². The number of aliphatic hydroxyl groups is 2. The molecule has 0 aromatic heterocycles. The van der Waals surface area contributed by atoms with Crippen LogP contribution in [-0.4, -0.2) is 54.1 Å². The number of carbonyl (C=O) groups is 1. The molecule has 132 valence electrons. The molecule has 2 unspecified atom stereocenters. The Balaban J connectivity index is 1.78. The number of carbonyl (C=O) groups excluding carboxylic acids is 1. The summed E-state index contributed by atoms with van der Waals surface area (Å²) in [4.78, 5) is 15.9. The van der Waals surface area contributed by atoms with Crippen molar-refractivity contribution in [3.8, 4) is 0 Å². The summed E-state index contributed by atoms with van der Waals surface area (Å²) in [7, 11) is 0. The van der Waals surface area contributed by atoms with E-state index in [2.05, 4.69) is 10.3 Å². The van der Waals surface area contributed by atoms with Crippen molar-refractivity contribution in [2.45, 2.75) is 32.1 Å². The number of alkyl carbamates (subject to hydrolysis) is 1. The molecule has 0 saturated heterocycles. The fraction of sp³-hybridized carbons (Fsp3) is 0.529. The molecule has 7 nitrogen and oxygen atoms in total. The van der Waals surface area contributed by atoms with E-state index in [0.29, 0.717) is 25.5 Å². The molecule has 1 aliphatic rings. The number of nitrogens with zero attached hydrogens (tertiary/aromatic N) is 1. The van der Waals surface area contributed by atoms with E-state index in [4.69, 9.17) is 9.47 Å². The van der Waals surface area contributed by atoms with Gasteiger partial charge in [0.15, 0.2) is 0 Å². The lowest BCUT2D eigenvalue weighted by Gasteiger charge is -2.24. The second-order valence-electron chi connectivity index (χ2n) is 5.79. The predicted molar refractivity (Wildman–Crippen MR) is 88.7 cm³/mol. The fourth-order valence-electron chi connectivity index (χ4n) is 2.45. The Labute approximate surface area is 141 Å². The number of benzene rings is 1. The van der Waals surface area contributed by atoms with Crippen molar-refractivity contribution in [2.75, 3.05) is 19.8 Å². The Bertz CT molecular complexity index is 549. The maximum absolute atomic E-state index is 11.9. The van der Waals surface area contributed by atoms with Crippen LogP contribution < -0.4 is 5.32 Å². The molecule has 0 fully saturated rings. The third-order valence-corrected chi connectivity index (χ3v) is 3.89. The summed E-state index contributed by atoms with van der Waals surface area (Å²) < 4.78 is 10.4. The summed E-state index contributed by atoms with van der Waals surface area (Å²) >= 11 is 0. The highest BCUT2D eigenvalue weighted by Crippen LogP contribution is 2.14. The molecule has 1 heterocycles. The molecule has 3 atom stereocenters. The Hall–Kier alpha value is -2.12. The zero-order valence-electron chi connectivity index (χ0n) is 13.7. The van der Waals surface area contributed by atoms with Crippen molar-refractivity contribution >= 4 is 12.0 Å². The summed E-state index contributed by atoms with van der Waals surface area (Å²) in [5.74, 6) is 0.145. The Morgan fingerprint density at radius 1 is 1.42 bits per heavy atom. The van der Waals surface area contributed by atoms with Gasteiger partial charge in [-0.3, -0.25) is 0 Å². The van der Waals surface area contributed by atoms with Gasteiger partial charge in [0.25, 0.3) is 0 Å². The molecular formula is C17H24N2O5. The number of aliphatic hydroxyl groups excluding tert-OH is 2. The molecule has 7 heteroatoms. The van der Waals surface area contributed by atoms with Gasteiger partial charge < -0.3 is 25.0 Å². The first-order valence-electron chi connectivity index (χ1n) is 8.03. The topological polar surface area (TPSA) is 100 Å². The lowest BCUT2D eigenvalue weighted by Crippen LogP contribution is -2.43. The minimum atomic E-state index is -0.835. The van der Waals surface area contributed by atoms with Gasteiger partial charge in [0.1, 0.15) is 19.3 Å². The third kappa shape index (κ3) is 5.50. The molecule has 24 heavy (non-hydrogen) atoms. The third-order valence-electron chi connectivity index (χ3n) is 3.89. The minimum absolute atomic E-state index is 0.159. The fourth-order valence-corrected chi connectivity index (χ4v) is 2.45. The second-order valence-corrected chi connectivity index (χ2v) is 5.79. The molecule has 2 rings (SSSR count). The van der Waals surface area contributed by atoms with Crippen LogP contribution in [0.5, 0.6) is 0 Å². The lowest BCUT2D eigenvalue weighted by molar-refractivity contribution is 0.111. The van der Waals surface area contributed by atoms with E-state index in [1.54, 1.807) is 0 Å². The molecule has 1 aromatic rings. The normalized spacial score (nSPS) is 17.4. The molecule has 1 aromatic carbocycles. The first kappa shape index (κ1) is 18.2. The minimum Gasteiger partial charge on any atom is -0.477 e. The summed E-state index contributed by atoms with van der Waals surface area (Å²) in [5.41, 5.74) is 0.882. The smallest absolute Gasteiger partial charge is 0.407 e.